The smallest absolute Gasteiger partial charge is 0.226 e. The molecule has 1 aromatic heterocycles. The van der Waals surface area contributed by atoms with Crippen molar-refractivity contribution in [2.24, 2.45) is 11.8 Å². The van der Waals surface area contributed by atoms with E-state index < -0.39 is 6.10 Å². The summed E-state index contributed by atoms with van der Waals surface area (Å²) in [5, 5.41) is 13.1. The maximum atomic E-state index is 12.5. The molecule has 5 nitrogen and oxygen atoms in total. The number of aliphatic hydroxyl groups excluding tert-OH is 1. The molecule has 1 amide bonds. The molecule has 1 fully saturated rings. The minimum Gasteiger partial charge on any atom is -0.392 e. The van der Waals surface area contributed by atoms with Crippen molar-refractivity contribution in [3.8, 4) is 0 Å². The summed E-state index contributed by atoms with van der Waals surface area (Å²) in [6, 6.07) is 7.72. The van der Waals surface area contributed by atoms with Crippen molar-refractivity contribution in [1.29, 1.82) is 0 Å². The minimum absolute atomic E-state index is 0.0545. The molecule has 1 aromatic carbocycles. The number of carbonyl (C=O) groups is 1. The summed E-state index contributed by atoms with van der Waals surface area (Å²) in [5.74, 6) is 0.887. The molecule has 3 unspecified atom stereocenters. The van der Waals surface area contributed by atoms with Crippen molar-refractivity contribution >= 4 is 16.9 Å². The second kappa shape index (κ2) is 6.71. The van der Waals surface area contributed by atoms with Crippen LogP contribution < -0.4 is 5.32 Å². The molecule has 1 heterocycles. The number of fused-ring (bicyclic) bond motifs is 1. The normalized spacial score (nSPS) is 22.6. The van der Waals surface area contributed by atoms with Crippen LogP contribution in [0.25, 0.3) is 11.0 Å². The molecule has 0 aliphatic heterocycles. The maximum absolute atomic E-state index is 12.5. The third kappa shape index (κ3) is 3.55. The highest BCUT2D eigenvalue weighted by molar-refractivity contribution is 5.80. The number of aliphatic hydroxyl groups is 1. The quantitative estimate of drug-likeness (QED) is 0.794. The Balaban J connectivity index is 1.81. The molecule has 2 aromatic rings. The van der Waals surface area contributed by atoms with Crippen LogP contribution in [0.2, 0.25) is 0 Å². The third-order valence-electron chi connectivity index (χ3n) is 4.58. The molecule has 1 aliphatic rings. The number of hydrogen-bond donors (Lipinski definition) is 3. The number of H-pyrrole nitrogens is 1. The van der Waals surface area contributed by atoms with Gasteiger partial charge in [-0.15, -0.1) is 0 Å². The number of para-hydroxylation sites is 2. The van der Waals surface area contributed by atoms with Crippen LogP contribution in [0.15, 0.2) is 24.3 Å². The fraction of sp³-hybridized carbons (Fsp3) is 0.556. The van der Waals surface area contributed by atoms with Gasteiger partial charge in [0.1, 0.15) is 5.82 Å². The zero-order chi connectivity index (χ0) is 16.4. The number of benzene rings is 1. The molecular formula is C18H25N3O2. The van der Waals surface area contributed by atoms with E-state index in [9.17, 15) is 9.90 Å². The molecule has 0 radical (unpaired) electrons. The highest BCUT2D eigenvalue weighted by Crippen LogP contribution is 2.28. The first kappa shape index (κ1) is 16.0. The molecule has 5 heteroatoms. The van der Waals surface area contributed by atoms with Crippen LogP contribution in [0, 0.1) is 11.8 Å². The predicted molar refractivity (Wildman–Crippen MR) is 89.8 cm³/mol. The Morgan fingerprint density at radius 1 is 1.39 bits per heavy atom. The third-order valence-corrected chi connectivity index (χ3v) is 4.58. The van der Waals surface area contributed by atoms with Crippen LogP contribution in [-0.2, 0) is 4.79 Å². The Labute approximate surface area is 136 Å². The van der Waals surface area contributed by atoms with Crippen LogP contribution in [0.1, 0.15) is 51.4 Å². The number of imidazole rings is 1. The van der Waals surface area contributed by atoms with Gasteiger partial charge < -0.3 is 15.4 Å². The summed E-state index contributed by atoms with van der Waals surface area (Å²) < 4.78 is 0. The Kier molecular flexibility index (Phi) is 4.66. The molecule has 3 N–H and O–H groups in total. The van der Waals surface area contributed by atoms with Gasteiger partial charge in [-0.25, -0.2) is 4.98 Å². The van der Waals surface area contributed by atoms with Crippen molar-refractivity contribution in [3.63, 3.8) is 0 Å². The SMILES string of the molecule is CC(C)CC(NC(=O)C1CCCC1O)c1nc2ccccc2[nH]1. The minimum atomic E-state index is -0.509. The molecule has 0 bridgehead atoms. The standard InChI is InChI=1S/C18H25N3O2/c1-11(2)10-15(21-18(23)12-6-5-9-16(12)22)17-19-13-7-3-4-8-14(13)20-17/h3-4,7-8,11-12,15-16,22H,5-6,9-10H2,1-2H3,(H,19,20)(H,21,23). The molecule has 1 aliphatic carbocycles. The fourth-order valence-electron chi connectivity index (χ4n) is 3.37. The van der Waals surface area contributed by atoms with Gasteiger partial charge >= 0.3 is 0 Å². The topological polar surface area (TPSA) is 78.0 Å². The maximum Gasteiger partial charge on any atom is 0.226 e. The Morgan fingerprint density at radius 3 is 2.83 bits per heavy atom. The number of aromatic nitrogens is 2. The van der Waals surface area contributed by atoms with Crippen LogP contribution in [0.3, 0.4) is 0 Å². The largest absolute Gasteiger partial charge is 0.392 e. The zero-order valence-corrected chi connectivity index (χ0v) is 13.7. The molecule has 3 atom stereocenters. The molecule has 124 valence electrons. The van der Waals surface area contributed by atoms with Crippen LogP contribution >= 0.6 is 0 Å². The average molecular weight is 315 g/mol. The highest BCUT2D eigenvalue weighted by atomic mass is 16.3. The van der Waals surface area contributed by atoms with Gasteiger partial charge in [0.25, 0.3) is 0 Å². The number of carbonyl (C=O) groups excluding carboxylic acids is 1. The van der Waals surface area contributed by atoms with Gasteiger partial charge in [0.15, 0.2) is 0 Å². The second-order valence-corrected chi connectivity index (χ2v) is 6.93. The number of amides is 1. The van der Waals surface area contributed by atoms with Gasteiger partial charge in [-0.2, -0.15) is 0 Å². The first-order chi connectivity index (χ1) is 11.0. The Hall–Kier alpha value is -1.88. The highest BCUT2D eigenvalue weighted by Gasteiger charge is 2.33. The van der Waals surface area contributed by atoms with E-state index in [1.54, 1.807) is 0 Å². The lowest BCUT2D eigenvalue weighted by atomic mass is 10.0. The summed E-state index contributed by atoms with van der Waals surface area (Å²) in [6.07, 6.45) is 2.71. The van der Waals surface area contributed by atoms with Crippen LogP contribution in [-0.4, -0.2) is 27.1 Å². The van der Waals surface area contributed by atoms with E-state index in [1.165, 1.54) is 0 Å². The molecule has 3 rings (SSSR count). The van der Waals surface area contributed by atoms with Gasteiger partial charge in [-0.3, -0.25) is 4.79 Å². The number of aromatic amines is 1. The van der Waals surface area contributed by atoms with Crippen molar-refractivity contribution in [1.82, 2.24) is 15.3 Å². The van der Waals surface area contributed by atoms with Gasteiger partial charge in [0, 0.05) is 0 Å². The summed E-state index contributed by atoms with van der Waals surface area (Å²) in [5.41, 5.74) is 1.89. The van der Waals surface area contributed by atoms with Crippen LogP contribution in [0.5, 0.6) is 0 Å². The lowest BCUT2D eigenvalue weighted by molar-refractivity contribution is -0.128. The molecular weight excluding hydrogens is 290 g/mol. The fourth-order valence-corrected chi connectivity index (χ4v) is 3.37. The van der Waals surface area contributed by atoms with E-state index in [4.69, 9.17) is 0 Å². The van der Waals surface area contributed by atoms with Gasteiger partial charge in [-0.05, 0) is 43.7 Å². The Morgan fingerprint density at radius 2 is 2.17 bits per heavy atom. The van der Waals surface area contributed by atoms with Gasteiger partial charge in [-0.1, -0.05) is 26.0 Å². The van der Waals surface area contributed by atoms with E-state index in [2.05, 4.69) is 29.1 Å². The first-order valence-corrected chi connectivity index (χ1v) is 8.47. The monoisotopic (exact) mass is 315 g/mol. The van der Waals surface area contributed by atoms with E-state index in [1.807, 2.05) is 24.3 Å². The van der Waals surface area contributed by atoms with Gasteiger partial charge in [0.05, 0.1) is 29.1 Å². The summed E-state index contributed by atoms with van der Waals surface area (Å²) >= 11 is 0. The lowest BCUT2D eigenvalue weighted by Crippen LogP contribution is -2.38. The summed E-state index contributed by atoms with van der Waals surface area (Å²) in [4.78, 5) is 20.5. The number of hydrogen-bond acceptors (Lipinski definition) is 3. The number of rotatable bonds is 5. The van der Waals surface area contributed by atoms with Crippen molar-refractivity contribution in [3.05, 3.63) is 30.1 Å². The predicted octanol–water partition coefficient (Wildman–Crippen LogP) is 2.93. The van der Waals surface area contributed by atoms with E-state index in [0.29, 0.717) is 5.92 Å². The Bertz CT molecular complexity index is 647. The molecule has 0 saturated heterocycles. The van der Waals surface area contributed by atoms with E-state index in [0.717, 1.165) is 42.5 Å². The average Bonchev–Trinajstić information content (AvgIpc) is 3.11. The summed E-state index contributed by atoms with van der Waals surface area (Å²) in [6.45, 7) is 4.26. The van der Waals surface area contributed by atoms with Crippen molar-refractivity contribution in [2.75, 3.05) is 0 Å². The molecule has 23 heavy (non-hydrogen) atoms. The van der Waals surface area contributed by atoms with Crippen LogP contribution in [0.4, 0.5) is 0 Å². The summed E-state index contributed by atoms with van der Waals surface area (Å²) in [7, 11) is 0. The molecule has 0 spiro atoms. The van der Waals surface area contributed by atoms with Crippen molar-refractivity contribution in [2.45, 2.75) is 51.7 Å². The van der Waals surface area contributed by atoms with Crippen molar-refractivity contribution < 1.29 is 9.90 Å². The number of nitrogens with zero attached hydrogens (tertiary/aromatic N) is 1. The zero-order valence-electron chi connectivity index (χ0n) is 13.7. The molecule has 1 saturated carbocycles. The second-order valence-electron chi connectivity index (χ2n) is 6.93. The number of nitrogens with one attached hydrogen (secondary N) is 2. The van der Waals surface area contributed by atoms with E-state index >= 15 is 0 Å². The van der Waals surface area contributed by atoms with Gasteiger partial charge in [0.2, 0.25) is 5.91 Å². The first-order valence-electron chi connectivity index (χ1n) is 8.47. The lowest BCUT2D eigenvalue weighted by Gasteiger charge is -2.22. The van der Waals surface area contributed by atoms with E-state index in [-0.39, 0.29) is 17.9 Å².